The van der Waals surface area contributed by atoms with Crippen molar-refractivity contribution in [3.05, 3.63) is 71.8 Å². The first-order valence-electron chi connectivity index (χ1n) is 12.5. The van der Waals surface area contributed by atoms with Crippen molar-refractivity contribution in [2.24, 2.45) is 0 Å². The molecule has 0 bridgehead atoms. The van der Waals surface area contributed by atoms with Gasteiger partial charge in [-0.05, 0) is 56.5 Å². The van der Waals surface area contributed by atoms with Crippen molar-refractivity contribution < 1.29 is 17.7 Å². The second kappa shape index (κ2) is 21.0. The van der Waals surface area contributed by atoms with Crippen LogP contribution in [-0.2, 0) is 17.7 Å². The molecule has 10 heteroatoms. The predicted molar refractivity (Wildman–Crippen MR) is 168 cm³/mol. The van der Waals surface area contributed by atoms with Gasteiger partial charge in [0, 0.05) is 51.0 Å². The average molecular weight is 603 g/mol. The Morgan fingerprint density at radius 2 is 0.917 bits per heavy atom. The van der Waals surface area contributed by atoms with Gasteiger partial charge in [0.25, 0.3) is 0 Å². The molecule has 2 aromatic rings. The third-order valence-corrected chi connectivity index (χ3v) is 17.4. The van der Waals surface area contributed by atoms with Crippen LogP contribution in [0.25, 0.3) is 0 Å². The monoisotopic (exact) mass is 602 g/mol. The van der Waals surface area contributed by atoms with Crippen LogP contribution < -0.4 is 0 Å². The Bertz CT molecular complexity index is 706. The fraction of sp³-hybridized carbons (Fsp3) is 0.538. The van der Waals surface area contributed by atoms with Crippen LogP contribution in [0.5, 0.6) is 0 Å². The molecule has 4 nitrogen and oxygen atoms in total. The molecule has 0 saturated heterocycles. The smallest absolute Gasteiger partial charge is 0.328 e. The summed E-state index contributed by atoms with van der Waals surface area (Å²) >= 11 is 0. The first-order chi connectivity index (χ1) is 17.7. The topological polar surface area (TPSA) is 36.9 Å². The standard InChI is InChI=1S/C26H42O4S4Si2/c1-27-35(28-2)25(23-15-7-5-8-16-23)19-11-13-21-31-33-34-32-22-14-12-20-26(36(29-3)30-4)24-17-9-6-10-18-24/h5-10,15-18,25-26,35-36H,11-14,19-22H2,1-4H3. The zero-order valence-electron chi connectivity index (χ0n) is 22.0. The maximum Gasteiger partial charge on any atom is 0.328 e. The van der Waals surface area contributed by atoms with Crippen LogP contribution in [0.2, 0.25) is 0 Å². The molecule has 36 heavy (non-hydrogen) atoms. The van der Waals surface area contributed by atoms with Crippen LogP contribution in [0, 0.1) is 0 Å². The molecule has 0 aliphatic rings. The minimum Gasteiger partial charge on any atom is -0.400 e. The fourth-order valence-electron chi connectivity index (χ4n) is 4.33. The van der Waals surface area contributed by atoms with Gasteiger partial charge in [-0.2, -0.15) is 0 Å². The highest BCUT2D eigenvalue weighted by atomic mass is 33.7. The molecule has 0 aromatic heterocycles. The van der Waals surface area contributed by atoms with E-state index in [1.54, 1.807) is 28.4 Å². The van der Waals surface area contributed by atoms with Crippen molar-refractivity contribution in [2.45, 2.75) is 49.6 Å². The van der Waals surface area contributed by atoms with Crippen LogP contribution in [0.15, 0.2) is 60.7 Å². The van der Waals surface area contributed by atoms with Gasteiger partial charge in [0.15, 0.2) is 0 Å². The zero-order valence-corrected chi connectivity index (χ0v) is 27.6. The summed E-state index contributed by atoms with van der Waals surface area (Å²) in [6.45, 7) is 0. The highest BCUT2D eigenvalue weighted by Crippen LogP contribution is 2.43. The molecular formula is C26H42O4S4Si2. The molecule has 0 saturated carbocycles. The first-order valence-corrected chi connectivity index (χ1v) is 20.9. The van der Waals surface area contributed by atoms with E-state index < -0.39 is 18.6 Å². The van der Waals surface area contributed by atoms with E-state index in [1.165, 1.54) is 48.3 Å². The highest BCUT2D eigenvalue weighted by molar-refractivity contribution is 9.26. The predicted octanol–water partition coefficient (Wildman–Crippen LogP) is 7.68. The summed E-state index contributed by atoms with van der Waals surface area (Å²) in [6, 6.07) is 21.4. The summed E-state index contributed by atoms with van der Waals surface area (Å²) in [4.78, 5) is 0. The lowest BCUT2D eigenvalue weighted by molar-refractivity contribution is 0.263. The van der Waals surface area contributed by atoms with Gasteiger partial charge >= 0.3 is 18.6 Å². The van der Waals surface area contributed by atoms with Gasteiger partial charge in [0.2, 0.25) is 0 Å². The number of benzene rings is 2. The maximum atomic E-state index is 5.72. The molecule has 2 rings (SSSR count). The molecule has 2 aromatic carbocycles. The minimum atomic E-state index is -1.68. The van der Waals surface area contributed by atoms with Gasteiger partial charge in [-0.15, -0.1) is 0 Å². The highest BCUT2D eigenvalue weighted by Gasteiger charge is 2.26. The molecule has 0 fully saturated rings. The lowest BCUT2D eigenvalue weighted by Crippen LogP contribution is -2.29. The van der Waals surface area contributed by atoms with Crippen molar-refractivity contribution in [1.82, 2.24) is 0 Å². The molecule has 0 N–H and O–H groups in total. The number of rotatable bonds is 21. The summed E-state index contributed by atoms with van der Waals surface area (Å²) in [5, 5.41) is 0. The summed E-state index contributed by atoms with van der Waals surface area (Å²) in [7, 11) is 11.6. The lowest BCUT2D eigenvalue weighted by atomic mass is 10.1. The third kappa shape index (κ3) is 12.3. The maximum absolute atomic E-state index is 5.72. The normalized spacial score (nSPS) is 13.4. The van der Waals surface area contributed by atoms with Crippen molar-refractivity contribution in [3.8, 4) is 0 Å². The Balaban J connectivity index is 1.54. The Morgan fingerprint density at radius 3 is 1.25 bits per heavy atom. The van der Waals surface area contributed by atoms with Crippen LogP contribution in [-0.4, -0.2) is 58.5 Å². The quantitative estimate of drug-likeness (QED) is 0.0818. The van der Waals surface area contributed by atoms with Crippen molar-refractivity contribution in [2.75, 3.05) is 39.9 Å². The number of hydrogen-bond donors (Lipinski definition) is 0. The van der Waals surface area contributed by atoms with E-state index in [0.29, 0.717) is 11.1 Å². The van der Waals surface area contributed by atoms with Crippen LogP contribution in [0.1, 0.15) is 60.7 Å². The van der Waals surface area contributed by atoms with Gasteiger partial charge in [-0.1, -0.05) is 95.1 Å². The molecule has 0 amide bonds. The minimum absolute atomic E-state index is 0.413. The molecule has 0 radical (unpaired) electrons. The lowest BCUT2D eigenvalue weighted by Gasteiger charge is -2.23. The van der Waals surface area contributed by atoms with Crippen molar-refractivity contribution >= 4 is 59.8 Å². The van der Waals surface area contributed by atoms with Crippen molar-refractivity contribution in [3.63, 3.8) is 0 Å². The third-order valence-electron chi connectivity index (χ3n) is 6.15. The molecule has 0 spiro atoms. The molecular weight excluding hydrogens is 561 g/mol. The number of hydrogen-bond acceptors (Lipinski definition) is 8. The summed E-state index contributed by atoms with van der Waals surface area (Å²) in [6.07, 6.45) is 7.14. The Hall–Kier alpha value is 0.114. The van der Waals surface area contributed by atoms with E-state index in [4.69, 9.17) is 17.7 Å². The van der Waals surface area contributed by atoms with E-state index in [-0.39, 0.29) is 0 Å². The first kappa shape index (κ1) is 32.3. The second-order valence-electron chi connectivity index (χ2n) is 8.49. The largest absolute Gasteiger partial charge is 0.400 e. The molecule has 202 valence electrons. The van der Waals surface area contributed by atoms with E-state index in [1.807, 2.05) is 41.2 Å². The van der Waals surface area contributed by atoms with E-state index in [0.717, 1.165) is 12.8 Å². The van der Waals surface area contributed by atoms with Gasteiger partial charge < -0.3 is 17.7 Å². The summed E-state index contributed by atoms with van der Waals surface area (Å²) < 4.78 is 22.9. The Labute approximate surface area is 237 Å². The van der Waals surface area contributed by atoms with E-state index in [2.05, 4.69) is 60.7 Å². The van der Waals surface area contributed by atoms with Crippen LogP contribution in [0.3, 0.4) is 0 Å². The molecule has 0 aliphatic heterocycles. The zero-order chi connectivity index (χ0) is 25.8. The number of unbranched alkanes of at least 4 members (excludes halogenated alkanes) is 2. The molecule has 0 aliphatic carbocycles. The summed E-state index contributed by atoms with van der Waals surface area (Å²) in [5.41, 5.74) is 3.53. The SMILES string of the molecule is CO[SiH](OC)C(CCCCSSSSCCCCC(c1ccccc1)[SiH](OC)OC)c1ccccc1. The Morgan fingerprint density at radius 1 is 0.556 bits per heavy atom. The fourth-order valence-corrected chi connectivity index (χ4v) is 14.4. The van der Waals surface area contributed by atoms with Crippen LogP contribution in [0.4, 0.5) is 0 Å². The second-order valence-corrected chi connectivity index (χ2v) is 19.7. The summed E-state index contributed by atoms with van der Waals surface area (Å²) in [5.74, 6) is 2.37. The van der Waals surface area contributed by atoms with Gasteiger partial charge in [-0.3, -0.25) is 0 Å². The average Bonchev–Trinajstić information content (AvgIpc) is 2.93. The van der Waals surface area contributed by atoms with E-state index >= 15 is 0 Å². The molecule has 2 unspecified atom stereocenters. The van der Waals surface area contributed by atoms with Crippen LogP contribution >= 0.6 is 41.2 Å². The van der Waals surface area contributed by atoms with E-state index in [9.17, 15) is 0 Å². The molecule has 0 heterocycles. The molecule has 2 atom stereocenters. The van der Waals surface area contributed by atoms with Gasteiger partial charge in [-0.25, -0.2) is 0 Å². The van der Waals surface area contributed by atoms with Gasteiger partial charge in [0.1, 0.15) is 0 Å². The van der Waals surface area contributed by atoms with Gasteiger partial charge in [0.05, 0.1) is 0 Å². The Kier molecular flexibility index (Phi) is 18.9. The van der Waals surface area contributed by atoms with Crippen molar-refractivity contribution in [1.29, 1.82) is 0 Å².